The van der Waals surface area contributed by atoms with Crippen LogP contribution in [0.15, 0.2) is 0 Å². The van der Waals surface area contributed by atoms with Gasteiger partial charge in [0.1, 0.15) is 0 Å². The molecule has 8 heteroatoms. The molecule has 5 N–H and O–H groups in total. The van der Waals surface area contributed by atoms with Gasteiger partial charge in [-0.25, -0.2) is 0 Å². The van der Waals surface area contributed by atoms with E-state index in [0.717, 1.165) is 0 Å². The summed E-state index contributed by atoms with van der Waals surface area (Å²) in [6.45, 7) is 0. The first-order valence-electron chi connectivity index (χ1n) is 1.13. The number of hydrogen-bond donors (Lipinski definition) is 5. The maximum atomic E-state index is 8.76. The number of rotatable bonds is 0. The zero-order valence-corrected chi connectivity index (χ0v) is 7.09. The fourth-order valence-electron chi connectivity index (χ4n) is 0. The summed E-state index contributed by atoms with van der Waals surface area (Å²) in [5.74, 6) is 0. The Morgan fingerprint density at radius 2 is 1.12 bits per heavy atom. The van der Waals surface area contributed by atoms with Crippen LogP contribution >= 0.6 is 0 Å². The molecule has 0 aromatic rings. The molecule has 0 saturated carbocycles. The Bertz CT molecular complexity index is 52.8. The Labute approximate surface area is 55.1 Å². The van der Waals surface area contributed by atoms with Crippen LogP contribution in [0.1, 0.15) is 0 Å². The Hall–Kier alpha value is 0.678. The molecule has 52 valence electrons. The Morgan fingerprint density at radius 3 is 1.12 bits per heavy atom. The molecule has 0 fully saturated rings. The summed E-state index contributed by atoms with van der Waals surface area (Å²) in [6.07, 6.45) is 0. The first-order chi connectivity index (χ1) is 3.46. The zero-order valence-electron chi connectivity index (χ0n) is 3.50. The van der Waals surface area contributed by atoms with Crippen LogP contribution in [-0.4, -0.2) is 50.8 Å². The van der Waals surface area contributed by atoms with Crippen LogP contribution in [0.2, 0.25) is 0 Å². The molecule has 0 aromatic carbocycles. The van der Waals surface area contributed by atoms with E-state index in [-0.39, 0.29) is 0 Å². The maximum absolute atomic E-state index is 8.76. The summed E-state index contributed by atoms with van der Waals surface area (Å²) in [7, 11) is 0. The third-order valence-electron chi connectivity index (χ3n) is 0. The molecule has 0 heterocycles. The second-order valence-corrected chi connectivity index (χ2v) is 2.59. The molecule has 0 saturated heterocycles. The molecule has 0 amide bonds. The van der Waals surface area contributed by atoms with Crippen molar-refractivity contribution < 1.29 is 24.5 Å². The van der Waals surface area contributed by atoms with Crippen molar-refractivity contribution in [2.75, 3.05) is 0 Å². The quantitative estimate of drug-likeness (QED) is 0.285. The van der Waals surface area contributed by atoms with Crippen molar-refractivity contribution in [1.29, 1.82) is 0 Å². The van der Waals surface area contributed by atoms with Gasteiger partial charge in [0.25, 0.3) is 0 Å². The van der Waals surface area contributed by atoms with Gasteiger partial charge in [-0.2, -0.15) is 0 Å². The van der Waals surface area contributed by atoms with E-state index in [1.165, 1.54) is 0 Å². The molecule has 0 aliphatic rings. The van der Waals surface area contributed by atoms with Crippen molar-refractivity contribution in [3.05, 3.63) is 0 Å². The third kappa shape index (κ3) is 468. The van der Waals surface area contributed by atoms with Crippen LogP contribution < -0.4 is 0 Å². The topological polar surface area (TPSA) is 118 Å². The van der Waals surface area contributed by atoms with Gasteiger partial charge in [0.15, 0.2) is 0 Å². The first kappa shape index (κ1) is 11.5. The SMILES string of the molecule is O=[Se](O)O.O[As](O)O. The minimum absolute atomic E-state index is 3.19. The zero-order chi connectivity index (χ0) is 7.15. The summed E-state index contributed by atoms with van der Waals surface area (Å²) in [5.41, 5.74) is 0. The normalized spacial score (nSPS) is 8.88. The van der Waals surface area contributed by atoms with Gasteiger partial charge >= 0.3 is 54.7 Å². The molecule has 8 heavy (non-hydrogen) atoms. The average molecular weight is 255 g/mol. The minimum atomic E-state index is -3.29. The van der Waals surface area contributed by atoms with Crippen LogP contribution in [-0.2, 0) is 3.83 Å². The first-order valence-corrected chi connectivity index (χ1v) is 5.88. The fraction of sp³-hybridized carbons (Fsp3) is 0. The van der Waals surface area contributed by atoms with Crippen molar-refractivity contribution in [2.24, 2.45) is 0 Å². The summed E-state index contributed by atoms with van der Waals surface area (Å²) in [5, 5.41) is 0. The van der Waals surface area contributed by atoms with Crippen LogP contribution in [0, 0.1) is 0 Å². The van der Waals surface area contributed by atoms with Gasteiger partial charge in [-0.1, -0.05) is 0 Å². The van der Waals surface area contributed by atoms with Crippen molar-refractivity contribution in [3.8, 4) is 0 Å². The van der Waals surface area contributed by atoms with E-state index < -0.39 is 30.2 Å². The van der Waals surface area contributed by atoms with Crippen LogP contribution in [0.25, 0.3) is 0 Å². The Kier molecular flexibility index (Phi) is 11.0. The standard InChI is InChI=1S/AsH3O3.H2O3Se/c2-1(3)4;1-4(2)3/h2-4H;(H2,1,2,3). The van der Waals surface area contributed by atoms with Crippen molar-refractivity contribution in [2.45, 2.75) is 0 Å². The monoisotopic (exact) mass is 256 g/mol. The van der Waals surface area contributed by atoms with Gasteiger partial charge in [-0.05, 0) is 0 Å². The van der Waals surface area contributed by atoms with Crippen LogP contribution in [0.5, 0.6) is 0 Å². The van der Waals surface area contributed by atoms with Gasteiger partial charge in [0.05, 0.1) is 0 Å². The fourth-order valence-corrected chi connectivity index (χ4v) is 0. The van der Waals surface area contributed by atoms with Crippen LogP contribution in [0.3, 0.4) is 0 Å². The molecule has 0 bridgehead atoms. The molecule has 0 aliphatic heterocycles. The molecule has 0 aromatic heterocycles. The third-order valence-corrected chi connectivity index (χ3v) is 0. The van der Waals surface area contributed by atoms with Crippen molar-refractivity contribution in [1.82, 2.24) is 0 Å². The van der Waals surface area contributed by atoms with E-state index in [0.29, 0.717) is 0 Å². The molecule has 0 rings (SSSR count). The van der Waals surface area contributed by atoms with Gasteiger partial charge in [-0.15, -0.1) is 0 Å². The molecule has 0 aliphatic carbocycles. The van der Waals surface area contributed by atoms with Crippen molar-refractivity contribution in [3.63, 3.8) is 0 Å². The van der Waals surface area contributed by atoms with E-state index >= 15 is 0 Å². The van der Waals surface area contributed by atoms with E-state index in [4.69, 9.17) is 24.5 Å². The molecule has 0 unspecified atom stereocenters. The average Bonchev–Trinajstić information content (AvgIpc) is 1.25. The Balaban J connectivity index is 0. The molecule has 0 atom stereocenters. The number of hydrogen-bond acceptors (Lipinski definition) is 4. The van der Waals surface area contributed by atoms with E-state index in [1.54, 1.807) is 0 Å². The summed E-state index contributed by atoms with van der Waals surface area (Å²) < 4.78 is 45.1. The molecular formula is H5AsO6Se. The predicted molar refractivity (Wildman–Crippen MR) is 23.3 cm³/mol. The van der Waals surface area contributed by atoms with Crippen molar-refractivity contribution >= 4 is 30.2 Å². The molecule has 0 radical (unpaired) electrons. The van der Waals surface area contributed by atoms with Gasteiger partial charge in [0, 0.05) is 0 Å². The second-order valence-electron chi connectivity index (χ2n) is 0.499. The predicted octanol–water partition coefficient (Wildman–Crippen LogP) is -3.67. The van der Waals surface area contributed by atoms with Gasteiger partial charge in [-0.3, -0.25) is 0 Å². The second kappa shape index (κ2) is 7.68. The summed E-state index contributed by atoms with van der Waals surface area (Å²) >= 11 is -6.48. The summed E-state index contributed by atoms with van der Waals surface area (Å²) in [4.78, 5) is 0. The molecule has 6 nitrogen and oxygen atoms in total. The van der Waals surface area contributed by atoms with Gasteiger partial charge in [0.2, 0.25) is 0 Å². The molecular weight excluding hydrogens is 250 g/mol. The van der Waals surface area contributed by atoms with Gasteiger partial charge < -0.3 is 0 Å². The van der Waals surface area contributed by atoms with E-state index in [1.807, 2.05) is 0 Å². The van der Waals surface area contributed by atoms with E-state index in [9.17, 15) is 0 Å². The molecule has 0 spiro atoms. The van der Waals surface area contributed by atoms with Crippen LogP contribution in [0.4, 0.5) is 0 Å². The van der Waals surface area contributed by atoms with E-state index in [2.05, 4.69) is 0 Å². The Morgan fingerprint density at radius 1 is 1.12 bits per heavy atom. The summed E-state index contributed by atoms with van der Waals surface area (Å²) in [6, 6.07) is 0.